The van der Waals surface area contributed by atoms with Crippen molar-refractivity contribution < 1.29 is 4.74 Å². The summed E-state index contributed by atoms with van der Waals surface area (Å²) in [7, 11) is 1.73. The van der Waals surface area contributed by atoms with Crippen molar-refractivity contribution in [3.05, 3.63) is 29.3 Å². The molecule has 0 radical (unpaired) electrons. The van der Waals surface area contributed by atoms with Crippen molar-refractivity contribution in [3.8, 4) is 5.75 Å². The molecule has 2 rings (SSSR count). The van der Waals surface area contributed by atoms with Crippen LogP contribution in [0.25, 0.3) is 0 Å². The van der Waals surface area contributed by atoms with Gasteiger partial charge in [-0.15, -0.1) is 0 Å². The smallest absolute Gasteiger partial charge is 0.122 e. The van der Waals surface area contributed by atoms with E-state index in [1.54, 1.807) is 7.11 Å². The minimum atomic E-state index is 0.736. The molecule has 1 aromatic rings. The number of hydrogen-bond donors (Lipinski definition) is 0. The van der Waals surface area contributed by atoms with Crippen molar-refractivity contribution in [2.45, 2.75) is 19.3 Å². The first-order valence-corrected chi connectivity index (χ1v) is 3.98. The van der Waals surface area contributed by atoms with E-state index in [0.717, 1.165) is 11.7 Å². The van der Waals surface area contributed by atoms with Gasteiger partial charge in [-0.25, -0.2) is 0 Å². The molecule has 0 aliphatic heterocycles. The second-order valence-electron chi connectivity index (χ2n) is 3.13. The van der Waals surface area contributed by atoms with E-state index in [4.69, 9.17) is 4.74 Å². The Bertz CT molecular complexity index is 264. The minimum absolute atomic E-state index is 0.736. The molecule has 1 nitrogen and oxygen atoms in total. The standard InChI is InChI=1S/C10H12O/c1-7-6-9-8(7)4-3-5-10(9)11-2/h3-5,7H,6H2,1-2H3. The molecule has 0 fully saturated rings. The summed E-state index contributed by atoms with van der Waals surface area (Å²) in [6, 6.07) is 6.28. The van der Waals surface area contributed by atoms with E-state index in [9.17, 15) is 0 Å². The molecule has 0 amide bonds. The van der Waals surface area contributed by atoms with Crippen LogP contribution in [-0.2, 0) is 6.42 Å². The van der Waals surface area contributed by atoms with Gasteiger partial charge in [-0.3, -0.25) is 0 Å². The molecular weight excluding hydrogens is 136 g/mol. The highest BCUT2D eigenvalue weighted by atomic mass is 16.5. The fraction of sp³-hybridized carbons (Fsp3) is 0.400. The third kappa shape index (κ3) is 0.839. The van der Waals surface area contributed by atoms with Gasteiger partial charge in [0.1, 0.15) is 5.75 Å². The van der Waals surface area contributed by atoms with Gasteiger partial charge in [0.05, 0.1) is 7.11 Å². The molecule has 0 spiro atoms. The summed E-state index contributed by atoms with van der Waals surface area (Å²) in [4.78, 5) is 0. The Morgan fingerprint density at radius 2 is 2.27 bits per heavy atom. The van der Waals surface area contributed by atoms with E-state index >= 15 is 0 Å². The molecule has 0 bridgehead atoms. The minimum Gasteiger partial charge on any atom is -0.496 e. The van der Waals surface area contributed by atoms with Crippen LogP contribution in [0.4, 0.5) is 0 Å². The number of fused-ring (bicyclic) bond motifs is 1. The number of rotatable bonds is 1. The van der Waals surface area contributed by atoms with Gasteiger partial charge in [-0.05, 0) is 29.5 Å². The van der Waals surface area contributed by atoms with E-state index in [1.165, 1.54) is 17.5 Å². The molecule has 1 aromatic carbocycles. The fourth-order valence-electron chi connectivity index (χ4n) is 1.74. The Hall–Kier alpha value is -0.980. The molecule has 0 saturated carbocycles. The maximum Gasteiger partial charge on any atom is 0.122 e. The highest BCUT2D eigenvalue weighted by Gasteiger charge is 2.24. The van der Waals surface area contributed by atoms with Crippen LogP contribution in [0.5, 0.6) is 5.75 Å². The quantitative estimate of drug-likeness (QED) is 0.594. The third-order valence-electron chi connectivity index (χ3n) is 2.43. The largest absolute Gasteiger partial charge is 0.496 e. The average Bonchev–Trinajstić information content (AvgIpc) is 2.03. The predicted molar refractivity (Wildman–Crippen MR) is 45.1 cm³/mol. The lowest BCUT2D eigenvalue weighted by molar-refractivity contribution is 0.401. The second kappa shape index (κ2) is 2.26. The Morgan fingerprint density at radius 1 is 1.45 bits per heavy atom. The summed E-state index contributed by atoms with van der Waals surface area (Å²) in [5.41, 5.74) is 2.87. The summed E-state index contributed by atoms with van der Waals surface area (Å²) in [6.07, 6.45) is 1.18. The topological polar surface area (TPSA) is 9.23 Å². The van der Waals surface area contributed by atoms with Gasteiger partial charge >= 0.3 is 0 Å². The van der Waals surface area contributed by atoms with Crippen molar-refractivity contribution in [1.29, 1.82) is 0 Å². The van der Waals surface area contributed by atoms with Gasteiger partial charge in [0, 0.05) is 0 Å². The van der Waals surface area contributed by atoms with E-state index < -0.39 is 0 Å². The van der Waals surface area contributed by atoms with Crippen molar-refractivity contribution in [2.24, 2.45) is 0 Å². The summed E-state index contributed by atoms with van der Waals surface area (Å²) in [5, 5.41) is 0. The van der Waals surface area contributed by atoms with Gasteiger partial charge in [0.2, 0.25) is 0 Å². The fourth-order valence-corrected chi connectivity index (χ4v) is 1.74. The molecule has 11 heavy (non-hydrogen) atoms. The van der Waals surface area contributed by atoms with Crippen LogP contribution in [-0.4, -0.2) is 7.11 Å². The monoisotopic (exact) mass is 148 g/mol. The zero-order valence-electron chi connectivity index (χ0n) is 6.92. The lowest BCUT2D eigenvalue weighted by atomic mass is 9.78. The lowest BCUT2D eigenvalue weighted by Crippen LogP contribution is -2.14. The van der Waals surface area contributed by atoms with Crippen molar-refractivity contribution in [1.82, 2.24) is 0 Å². The van der Waals surface area contributed by atoms with Gasteiger partial charge in [-0.2, -0.15) is 0 Å². The normalized spacial score (nSPS) is 20.4. The van der Waals surface area contributed by atoms with Crippen LogP contribution in [0.2, 0.25) is 0 Å². The van der Waals surface area contributed by atoms with Gasteiger partial charge < -0.3 is 4.74 Å². The molecule has 1 heteroatoms. The maximum atomic E-state index is 5.23. The second-order valence-corrected chi connectivity index (χ2v) is 3.13. The third-order valence-corrected chi connectivity index (χ3v) is 2.43. The summed E-state index contributed by atoms with van der Waals surface area (Å²) < 4.78 is 5.23. The highest BCUT2D eigenvalue weighted by molar-refractivity contribution is 5.48. The van der Waals surface area contributed by atoms with E-state index in [0.29, 0.717) is 0 Å². The molecule has 0 heterocycles. The van der Waals surface area contributed by atoms with Crippen LogP contribution in [0.15, 0.2) is 18.2 Å². The average molecular weight is 148 g/mol. The molecular formula is C10H12O. The first-order chi connectivity index (χ1) is 5.33. The van der Waals surface area contributed by atoms with E-state index in [2.05, 4.69) is 19.1 Å². The van der Waals surface area contributed by atoms with Crippen LogP contribution in [0.1, 0.15) is 24.0 Å². The zero-order chi connectivity index (χ0) is 7.84. The summed E-state index contributed by atoms with van der Waals surface area (Å²) in [5.74, 6) is 1.79. The Kier molecular flexibility index (Phi) is 1.38. The van der Waals surface area contributed by atoms with E-state index in [1.807, 2.05) is 6.07 Å². The summed E-state index contributed by atoms with van der Waals surface area (Å²) in [6.45, 7) is 2.25. The molecule has 0 aromatic heterocycles. The molecule has 1 aliphatic carbocycles. The SMILES string of the molecule is COc1cccc2c1CC2C. The Labute approximate surface area is 67.0 Å². The Morgan fingerprint density at radius 3 is 2.91 bits per heavy atom. The first kappa shape index (κ1) is 6.71. The summed E-state index contributed by atoms with van der Waals surface area (Å²) >= 11 is 0. The molecule has 1 unspecified atom stereocenters. The molecule has 0 N–H and O–H groups in total. The van der Waals surface area contributed by atoms with Crippen molar-refractivity contribution in [3.63, 3.8) is 0 Å². The first-order valence-electron chi connectivity index (χ1n) is 3.98. The highest BCUT2D eigenvalue weighted by Crippen LogP contribution is 2.39. The van der Waals surface area contributed by atoms with Crippen LogP contribution in [0, 0.1) is 0 Å². The van der Waals surface area contributed by atoms with E-state index in [-0.39, 0.29) is 0 Å². The van der Waals surface area contributed by atoms with Crippen molar-refractivity contribution in [2.75, 3.05) is 7.11 Å². The molecule has 1 aliphatic rings. The molecule has 0 saturated heterocycles. The molecule has 58 valence electrons. The zero-order valence-corrected chi connectivity index (χ0v) is 6.92. The van der Waals surface area contributed by atoms with Crippen LogP contribution >= 0.6 is 0 Å². The van der Waals surface area contributed by atoms with Crippen molar-refractivity contribution >= 4 is 0 Å². The Balaban J connectivity index is 2.47. The molecule has 1 atom stereocenters. The van der Waals surface area contributed by atoms with Gasteiger partial charge in [0.25, 0.3) is 0 Å². The lowest BCUT2D eigenvalue weighted by Gasteiger charge is -2.28. The number of hydrogen-bond acceptors (Lipinski definition) is 1. The number of benzene rings is 1. The van der Waals surface area contributed by atoms with Gasteiger partial charge in [-0.1, -0.05) is 19.1 Å². The number of methoxy groups -OCH3 is 1. The van der Waals surface area contributed by atoms with Crippen LogP contribution < -0.4 is 4.74 Å². The predicted octanol–water partition coefficient (Wildman–Crippen LogP) is 2.35. The van der Waals surface area contributed by atoms with Gasteiger partial charge in [0.15, 0.2) is 0 Å². The maximum absolute atomic E-state index is 5.23. The number of ether oxygens (including phenoxy) is 1. The van der Waals surface area contributed by atoms with Crippen LogP contribution in [0.3, 0.4) is 0 Å².